The fourth-order valence-electron chi connectivity index (χ4n) is 2.71. The summed E-state index contributed by atoms with van der Waals surface area (Å²) in [5, 5.41) is 4.93. The number of aryl methyl sites for hydroxylation is 2. The molecule has 0 fully saturated rings. The van der Waals surface area contributed by atoms with E-state index in [2.05, 4.69) is 41.5 Å². The lowest BCUT2D eigenvalue weighted by Crippen LogP contribution is -2.33. The highest BCUT2D eigenvalue weighted by molar-refractivity contribution is 7.11. The molecule has 1 aromatic heterocycles. The number of hydrogen-bond donors (Lipinski definition) is 1. The number of aromatic nitrogens is 1. The number of hydrogen-bond acceptors (Lipinski definition) is 3. The molecule has 1 N–H and O–H groups in total. The van der Waals surface area contributed by atoms with Crippen LogP contribution in [0.15, 0.2) is 30.5 Å². The lowest BCUT2D eigenvalue weighted by Gasteiger charge is -2.25. The Kier molecular flexibility index (Phi) is 3.95. The Morgan fingerprint density at radius 1 is 1.32 bits per heavy atom. The van der Waals surface area contributed by atoms with Crippen molar-refractivity contribution >= 4 is 11.3 Å². The van der Waals surface area contributed by atoms with Crippen molar-refractivity contribution in [3.8, 4) is 0 Å². The van der Waals surface area contributed by atoms with Gasteiger partial charge in [-0.2, -0.15) is 0 Å². The second kappa shape index (κ2) is 5.85. The zero-order valence-corrected chi connectivity index (χ0v) is 12.2. The van der Waals surface area contributed by atoms with Gasteiger partial charge in [-0.05, 0) is 36.8 Å². The van der Waals surface area contributed by atoms with Crippen LogP contribution in [0.25, 0.3) is 0 Å². The van der Waals surface area contributed by atoms with Crippen LogP contribution in [0.2, 0.25) is 0 Å². The third kappa shape index (κ3) is 3.04. The van der Waals surface area contributed by atoms with Gasteiger partial charge in [-0.3, -0.25) is 0 Å². The zero-order chi connectivity index (χ0) is 13.1. The first kappa shape index (κ1) is 12.8. The fraction of sp³-hybridized carbons (Fsp3) is 0.438. The minimum Gasteiger partial charge on any atom is -0.309 e. The third-order valence-electron chi connectivity index (χ3n) is 3.82. The second-order valence-electron chi connectivity index (χ2n) is 5.16. The summed E-state index contributed by atoms with van der Waals surface area (Å²) in [6.07, 6.45) is 6.68. The third-order valence-corrected chi connectivity index (χ3v) is 4.96. The van der Waals surface area contributed by atoms with Crippen molar-refractivity contribution < 1.29 is 0 Å². The smallest absolute Gasteiger partial charge is 0.0925 e. The van der Waals surface area contributed by atoms with Gasteiger partial charge in [-0.25, -0.2) is 4.98 Å². The van der Waals surface area contributed by atoms with Gasteiger partial charge in [0.25, 0.3) is 0 Å². The van der Waals surface area contributed by atoms with Gasteiger partial charge in [0.1, 0.15) is 0 Å². The molecule has 1 aromatic carbocycles. The Balaban J connectivity index is 1.57. The zero-order valence-electron chi connectivity index (χ0n) is 11.4. The summed E-state index contributed by atoms with van der Waals surface area (Å²) >= 11 is 1.83. The molecule has 0 saturated carbocycles. The van der Waals surface area contributed by atoms with Crippen molar-refractivity contribution in [1.82, 2.24) is 10.3 Å². The first-order chi connectivity index (χ1) is 9.35. The largest absolute Gasteiger partial charge is 0.309 e. The molecule has 0 amide bonds. The van der Waals surface area contributed by atoms with E-state index < -0.39 is 0 Å². The van der Waals surface area contributed by atoms with E-state index in [0.29, 0.717) is 6.04 Å². The predicted octanol–water partition coefficient (Wildman–Crippen LogP) is 3.35. The Morgan fingerprint density at radius 3 is 2.95 bits per heavy atom. The molecule has 3 heteroatoms. The number of fused-ring (bicyclic) bond motifs is 1. The molecule has 1 aliphatic rings. The average molecular weight is 272 g/mol. The average Bonchev–Trinajstić information content (AvgIpc) is 2.93. The lowest BCUT2D eigenvalue weighted by atomic mass is 9.88. The summed E-state index contributed by atoms with van der Waals surface area (Å²) in [5.41, 5.74) is 3.05. The van der Waals surface area contributed by atoms with Crippen molar-refractivity contribution in [2.45, 2.75) is 45.2 Å². The highest BCUT2D eigenvalue weighted by Crippen LogP contribution is 2.21. The van der Waals surface area contributed by atoms with Crippen LogP contribution in [-0.2, 0) is 25.8 Å². The molecule has 1 atom stereocenters. The van der Waals surface area contributed by atoms with Crippen LogP contribution in [0.1, 0.15) is 34.4 Å². The first-order valence-electron chi connectivity index (χ1n) is 7.09. The number of nitrogens with zero attached hydrogens (tertiary/aromatic N) is 1. The number of thiazole rings is 1. The van der Waals surface area contributed by atoms with Gasteiger partial charge in [-0.15, -0.1) is 11.3 Å². The molecule has 1 aliphatic carbocycles. The van der Waals surface area contributed by atoms with Gasteiger partial charge < -0.3 is 5.32 Å². The minimum atomic E-state index is 0.613. The fourth-order valence-corrected chi connectivity index (χ4v) is 3.52. The van der Waals surface area contributed by atoms with Crippen molar-refractivity contribution in [3.63, 3.8) is 0 Å². The van der Waals surface area contributed by atoms with E-state index in [0.717, 1.165) is 19.4 Å². The molecule has 0 aliphatic heterocycles. The molecule has 2 nitrogen and oxygen atoms in total. The Hall–Kier alpha value is -1.19. The van der Waals surface area contributed by atoms with Gasteiger partial charge in [0.05, 0.1) is 5.01 Å². The minimum absolute atomic E-state index is 0.613. The molecule has 100 valence electrons. The number of benzene rings is 1. The summed E-state index contributed by atoms with van der Waals surface area (Å²) in [7, 11) is 0. The lowest BCUT2D eigenvalue weighted by molar-refractivity contribution is 0.459. The van der Waals surface area contributed by atoms with Crippen molar-refractivity contribution in [2.75, 3.05) is 0 Å². The molecule has 3 rings (SSSR count). The van der Waals surface area contributed by atoms with Crippen LogP contribution >= 0.6 is 11.3 Å². The standard InChI is InChI=1S/C16H20N2S/c1-2-16-18-11-15(19-16)10-17-14-8-7-12-5-3-4-6-13(12)9-14/h3-6,11,14,17H,2,7-10H2,1H3. The van der Waals surface area contributed by atoms with E-state index in [4.69, 9.17) is 0 Å². The summed E-state index contributed by atoms with van der Waals surface area (Å²) in [4.78, 5) is 5.77. The highest BCUT2D eigenvalue weighted by atomic mass is 32.1. The van der Waals surface area contributed by atoms with E-state index in [9.17, 15) is 0 Å². The summed E-state index contributed by atoms with van der Waals surface area (Å²) < 4.78 is 0. The monoisotopic (exact) mass is 272 g/mol. The van der Waals surface area contributed by atoms with E-state index in [1.807, 2.05) is 17.5 Å². The highest BCUT2D eigenvalue weighted by Gasteiger charge is 2.17. The van der Waals surface area contributed by atoms with Crippen LogP contribution in [0.4, 0.5) is 0 Å². The van der Waals surface area contributed by atoms with Gasteiger partial charge in [0.2, 0.25) is 0 Å². The van der Waals surface area contributed by atoms with Gasteiger partial charge in [0, 0.05) is 23.7 Å². The Labute approximate surface area is 118 Å². The molecule has 0 radical (unpaired) electrons. The first-order valence-corrected chi connectivity index (χ1v) is 7.90. The van der Waals surface area contributed by atoms with E-state index >= 15 is 0 Å². The SMILES string of the molecule is CCc1ncc(CNC2CCc3ccccc3C2)s1. The van der Waals surface area contributed by atoms with E-state index in [1.165, 1.54) is 33.9 Å². The predicted molar refractivity (Wildman–Crippen MR) is 80.6 cm³/mol. The number of rotatable bonds is 4. The molecular weight excluding hydrogens is 252 g/mol. The van der Waals surface area contributed by atoms with E-state index in [1.54, 1.807) is 0 Å². The van der Waals surface area contributed by atoms with Gasteiger partial charge >= 0.3 is 0 Å². The molecule has 0 spiro atoms. The van der Waals surface area contributed by atoms with Crippen molar-refractivity contribution in [3.05, 3.63) is 51.5 Å². The van der Waals surface area contributed by atoms with Crippen LogP contribution < -0.4 is 5.32 Å². The quantitative estimate of drug-likeness (QED) is 0.923. The van der Waals surface area contributed by atoms with Crippen molar-refractivity contribution in [2.24, 2.45) is 0 Å². The normalized spacial score (nSPS) is 18.3. The maximum Gasteiger partial charge on any atom is 0.0925 e. The van der Waals surface area contributed by atoms with E-state index in [-0.39, 0.29) is 0 Å². The summed E-state index contributed by atoms with van der Waals surface area (Å²) in [6.45, 7) is 3.12. The van der Waals surface area contributed by atoms with Crippen LogP contribution in [0.5, 0.6) is 0 Å². The maximum atomic E-state index is 4.41. The number of nitrogens with one attached hydrogen (secondary N) is 1. The molecule has 0 bridgehead atoms. The second-order valence-corrected chi connectivity index (χ2v) is 6.36. The van der Waals surface area contributed by atoms with Gasteiger partial charge in [-0.1, -0.05) is 31.2 Å². The molecule has 2 aromatic rings. The summed E-state index contributed by atoms with van der Waals surface area (Å²) in [5.74, 6) is 0. The van der Waals surface area contributed by atoms with Crippen LogP contribution in [-0.4, -0.2) is 11.0 Å². The molecular formula is C16H20N2S. The van der Waals surface area contributed by atoms with Crippen LogP contribution in [0, 0.1) is 0 Å². The van der Waals surface area contributed by atoms with Crippen molar-refractivity contribution in [1.29, 1.82) is 0 Å². The molecule has 1 heterocycles. The maximum absolute atomic E-state index is 4.41. The van der Waals surface area contributed by atoms with Gasteiger partial charge in [0.15, 0.2) is 0 Å². The molecule has 19 heavy (non-hydrogen) atoms. The summed E-state index contributed by atoms with van der Waals surface area (Å²) in [6, 6.07) is 9.45. The molecule has 0 saturated heterocycles. The Bertz CT molecular complexity index is 547. The van der Waals surface area contributed by atoms with Crippen LogP contribution in [0.3, 0.4) is 0 Å². The Morgan fingerprint density at radius 2 is 2.16 bits per heavy atom. The topological polar surface area (TPSA) is 24.9 Å². The molecule has 1 unspecified atom stereocenters.